The number of nitrogens with zero attached hydrogens (tertiary/aromatic N) is 5. The Hall–Kier alpha value is -3.96. The number of carbonyl (C=O) groups excluding carboxylic acids is 1. The predicted molar refractivity (Wildman–Crippen MR) is 129 cm³/mol. The van der Waals surface area contributed by atoms with E-state index in [0.29, 0.717) is 42.3 Å². The third-order valence-electron chi connectivity index (χ3n) is 5.50. The average molecular weight is 482 g/mol. The molecule has 2 aromatic carbocycles. The van der Waals surface area contributed by atoms with E-state index < -0.39 is 12.5 Å². The molecule has 0 unspecified atom stereocenters. The van der Waals surface area contributed by atoms with Gasteiger partial charge in [-0.3, -0.25) is 14.3 Å². The summed E-state index contributed by atoms with van der Waals surface area (Å²) in [6.45, 7) is 2.91. The van der Waals surface area contributed by atoms with Crippen molar-refractivity contribution in [1.29, 1.82) is 0 Å². The van der Waals surface area contributed by atoms with Crippen LogP contribution in [-0.2, 0) is 21.0 Å². The summed E-state index contributed by atoms with van der Waals surface area (Å²) in [4.78, 5) is 19.4. The molecule has 1 saturated heterocycles. The number of benzene rings is 2. The van der Waals surface area contributed by atoms with Crippen molar-refractivity contribution in [3.8, 4) is 17.4 Å². The molecule has 35 heavy (non-hydrogen) atoms. The van der Waals surface area contributed by atoms with E-state index in [9.17, 15) is 9.90 Å². The number of rotatable bonds is 9. The molecule has 0 atom stereocenters. The van der Waals surface area contributed by atoms with Gasteiger partial charge in [-0.25, -0.2) is 0 Å². The predicted octanol–water partition coefficient (Wildman–Crippen LogP) is 3.31. The summed E-state index contributed by atoms with van der Waals surface area (Å²) in [7, 11) is 3.09. The average Bonchev–Trinajstić information content (AvgIpc) is 3.16. The van der Waals surface area contributed by atoms with E-state index in [-0.39, 0.29) is 11.6 Å². The van der Waals surface area contributed by atoms with Gasteiger partial charge < -0.3 is 24.2 Å². The van der Waals surface area contributed by atoms with Gasteiger partial charge in [0.25, 0.3) is 0 Å². The normalized spacial score (nSPS) is 14.7. The Morgan fingerprint density at radius 3 is 2.66 bits per heavy atom. The lowest BCUT2D eigenvalue weighted by molar-refractivity contribution is -0.122. The fourth-order valence-electron chi connectivity index (χ4n) is 3.71. The number of carbonyl (C=O) groups is 1. The maximum absolute atomic E-state index is 12.2. The first-order chi connectivity index (χ1) is 17.1. The number of methoxy groups -OCH3 is 2. The molecule has 0 radical (unpaired) electrons. The minimum atomic E-state index is -0.640. The number of hydrogen-bond acceptors (Lipinski definition) is 9. The SMILES string of the molecule is COc1ccc(C=NOCC(=O)N=Nc2c(O)n(CN3CCOCC3)c3ccccc23)cc1OC. The lowest BCUT2D eigenvalue weighted by Crippen LogP contribution is -2.37. The second-order valence-corrected chi connectivity index (χ2v) is 7.71. The first-order valence-electron chi connectivity index (χ1n) is 11.0. The van der Waals surface area contributed by atoms with Crippen LogP contribution in [0.3, 0.4) is 0 Å². The summed E-state index contributed by atoms with van der Waals surface area (Å²) in [6, 6.07) is 12.7. The van der Waals surface area contributed by atoms with E-state index in [0.717, 1.165) is 18.6 Å². The Kier molecular flexibility index (Phi) is 7.91. The van der Waals surface area contributed by atoms with Crippen LogP contribution in [0.4, 0.5) is 5.69 Å². The molecule has 1 aliphatic rings. The topological polar surface area (TPSA) is 119 Å². The van der Waals surface area contributed by atoms with Crippen LogP contribution in [0.15, 0.2) is 57.8 Å². The molecule has 11 heteroatoms. The highest BCUT2D eigenvalue weighted by Gasteiger charge is 2.20. The Morgan fingerprint density at radius 2 is 1.89 bits per heavy atom. The van der Waals surface area contributed by atoms with E-state index in [4.69, 9.17) is 19.0 Å². The van der Waals surface area contributed by atoms with Crippen molar-refractivity contribution < 1.29 is 28.9 Å². The van der Waals surface area contributed by atoms with Crippen LogP contribution in [0.25, 0.3) is 10.9 Å². The van der Waals surface area contributed by atoms with E-state index in [1.54, 1.807) is 29.9 Å². The molecular formula is C24H27N5O6. The second-order valence-electron chi connectivity index (χ2n) is 7.71. The number of para-hydroxylation sites is 1. The summed E-state index contributed by atoms with van der Waals surface area (Å²) in [5, 5.41) is 23.1. The zero-order valence-corrected chi connectivity index (χ0v) is 19.6. The van der Waals surface area contributed by atoms with Crippen molar-refractivity contribution in [1.82, 2.24) is 9.47 Å². The number of fused-ring (bicyclic) bond motifs is 1. The number of aromatic hydroxyl groups is 1. The number of amides is 1. The van der Waals surface area contributed by atoms with E-state index in [2.05, 4.69) is 20.3 Å². The highest BCUT2D eigenvalue weighted by atomic mass is 16.6. The van der Waals surface area contributed by atoms with Crippen LogP contribution in [0.5, 0.6) is 17.4 Å². The molecule has 1 amide bonds. The van der Waals surface area contributed by atoms with E-state index in [1.807, 2.05) is 24.3 Å². The third kappa shape index (κ3) is 5.76. The zero-order chi connectivity index (χ0) is 24.6. The summed E-state index contributed by atoms with van der Waals surface area (Å²) in [6.07, 6.45) is 1.44. The van der Waals surface area contributed by atoms with Crippen LogP contribution >= 0.6 is 0 Å². The quantitative estimate of drug-likeness (QED) is 0.283. The van der Waals surface area contributed by atoms with Gasteiger partial charge >= 0.3 is 5.91 Å². The minimum Gasteiger partial charge on any atom is -0.493 e. The molecule has 1 aromatic heterocycles. The monoisotopic (exact) mass is 481 g/mol. The van der Waals surface area contributed by atoms with Crippen LogP contribution in [0.2, 0.25) is 0 Å². The highest BCUT2D eigenvalue weighted by molar-refractivity contribution is 5.95. The standard InChI is InChI=1S/C24H27N5O6/c1-32-20-8-7-17(13-21(20)33-2)14-25-35-15-22(30)26-27-23-18-5-3-4-6-19(18)29(24(23)31)16-28-9-11-34-12-10-28/h3-8,13-14,31H,9-12,15-16H2,1-2H3. The summed E-state index contributed by atoms with van der Waals surface area (Å²) in [5.74, 6) is 0.449. The number of ether oxygens (including phenoxy) is 3. The molecule has 1 fully saturated rings. The fourth-order valence-corrected chi connectivity index (χ4v) is 3.71. The maximum atomic E-state index is 12.2. The number of aromatic nitrogens is 1. The van der Waals surface area contributed by atoms with Gasteiger partial charge in [-0.05, 0) is 24.3 Å². The van der Waals surface area contributed by atoms with Crippen LogP contribution in [0, 0.1) is 0 Å². The maximum Gasteiger partial charge on any atom is 0.304 e. The van der Waals surface area contributed by atoms with Gasteiger partial charge in [0.15, 0.2) is 23.8 Å². The molecule has 1 aliphatic heterocycles. The number of morpholine rings is 1. The largest absolute Gasteiger partial charge is 0.493 e. The molecule has 0 saturated carbocycles. The molecular weight excluding hydrogens is 454 g/mol. The molecule has 11 nitrogen and oxygen atoms in total. The van der Waals surface area contributed by atoms with Crippen LogP contribution in [0.1, 0.15) is 5.56 Å². The van der Waals surface area contributed by atoms with Crippen molar-refractivity contribution in [2.75, 3.05) is 47.1 Å². The van der Waals surface area contributed by atoms with Crippen LogP contribution in [-0.4, -0.2) is 73.8 Å². The molecule has 4 rings (SSSR count). The first-order valence-corrected chi connectivity index (χ1v) is 11.0. The van der Waals surface area contributed by atoms with Gasteiger partial charge in [0.1, 0.15) is 0 Å². The Balaban J connectivity index is 1.40. The molecule has 3 aromatic rings. The van der Waals surface area contributed by atoms with Gasteiger partial charge in [0, 0.05) is 24.0 Å². The number of oxime groups is 1. The first kappa shape index (κ1) is 24.2. The van der Waals surface area contributed by atoms with Crippen molar-refractivity contribution in [3.63, 3.8) is 0 Å². The number of hydrogen-bond donors (Lipinski definition) is 1. The van der Waals surface area contributed by atoms with Gasteiger partial charge in [-0.15, -0.1) is 10.2 Å². The molecule has 0 aliphatic carbocycles. The van der Waals surface area contributed by atoms with Crippen molar-refractivity contribution >= 4 is 28.7 Å². The van der Waals surface area contributed by atoms with Crippen molar-refractivity contribution in [2.45, 2.75) is 6.67 Å². The fraction of sp³-hybridized carbons (Fsp3) is 0.333. The molecule has 2 heterocycles. The van der Waals surface area contributed by atoms with Crippen molar-refractivity contribution in [3.05, 3.63) is 48.0 Å². The highest BCUT2D eigenvalue weighted by Crippen LogP contribution is 2.39. The number of azo groups is 1. The van der Waals surface area contributed by atoms with E-state index >= 15 is 0 Å². The van der Waals surface area contributed by atoms with Crippen LogP contribution < -0.4 is 9.47 Å². The second kappa shape index (κ2) is 11.4. The lowest BCUT2D eigenvalue weighted by Gasteiger charge is -2.27. The van der Waals surface area contributed by atoms with E-state index in [1.165, 1.54) is 13.3 Å². The molecule has 1 N–H and O–H groups in total. The van der Waals surface area contributed by atoms with Gasteiger partial charge in [-0.2, -0.15) is 0 Å². The molecule has 0 bridgehead atoms. The molecule has 0 spiro atoms. The summed E-state index contributed by atoms with van der Waals surface area (Å²) in [5.41, 5.74) is 1.74. The van der Waals surface area contributed by atoms with Gasteiger partial charge in [0.2, 0.25) is 5.88 Å². The Labute approximate surface area is 202 Å². The van der Waals surface area contributed by atoms with Crippen molar-refractivity contribution in [2.24, 2.45) is 15.4 Å². The Morgan fingerprint density at radius 1 is 1.11 bits per heavy atom. The summed E-state index contributed by atoms with van der Waals surface area (Å²) < 4.78 is 17.6. The van der Waals surface area contributed by atoms with Gasteiger partial charge in [0.05, 0.1) is 45.8 Å². The minimum absolute atomic E-state index is 0.0540. The summed E-state index contributed by atoms with van der Waals surface area (Å²) >= 11 is 0. The Bertz CT molecular complexity index is 1230. The van der Waals surface area contributed by atoms with Gasteiger partial charge in [-0.1, -0.05) is 23.4 Å². The smallest absolute Gasteiger partial charge is 0.304 e. The zero-order valence-electron chi connectivity index (χ0n) is 19.6. The lowest BCUT2D eigenvalue weighted by atomic mass is 10.2. The third-order valence-corrected chi connectivity index (χ3v) is 5.50. The molecule has 184 valence electrons.